The molecular formula is C19H15N3OS. The number of aromatic nitrogens is 2. The highest BCUT2D eigenvalue weighted by molar-refractivity contribution is 7.11. The fraction of sp³-hybridized carbons (Fsp3) is 0.105. The predicted octanol–water partition coefficient (Wildman–Crippen LogP) is 4.67. The van der Waals surface area contributed by atoms with E-state index >= 15 is 0 Å². The number of nitriles is 1. The zero-order chi connectivity index (χ0) is 16.8. The molecule has 24 heavy (non-hydrogen) atoms. The molecule has 0 unspecified atom stereocenters. The van der Waals surface area contributed by atoms with Crippen LogP contribution in [0.1, 0.15) is 17.5 Å². The molecular weight excluding hydrogens is 318 g/mol. The number of ether oxygens (including phenoxy) is 1. The molecule has 4 nitrogen and oxygen atoms in total. The Balaban J connectivity index is 1.86. The van der Waals surface area contributed by atoms with Crippen molar-refractivity contribution in [3.05, 3.63) is 64.7 Å². The summed E-state index contributed by atoms with van der Waals surface area (Å²) in [7, 11) is 0. The number of hydrogen-bond donors (Lipinski definition) is 0. The van der Waals surface area contributed by atoms with Gasteiger partial charge in [-0.2, -0.15) is 5.26 Å². The molecule has 2 aromatic heterocycles. The van der Waals surface area contributed by atoms with Gasteiger partial charge in [-0.1, -0.05) is 12.1 Å². The zero-order valence-corrected chi connectivity index (χ0v) is 14.0. The third-order valence-electron chi connectivity index (χ3n) is 3.33. The van der Waals surface area contributed by atoms with Crippen LogP contribution in [0.3, 0.4) is 0 Å². The highest BCUT2D eigenvalue weighted by atomic mass is 32.1. The monoisotopic (exact) mass is 333 g/mol. The van der Waals surface area contributed by atoms with E-state index in [2.05, 4.69) is 16.0 Å². The minimum Gasteiger partial charge on any atom is -0.494 e. The maximum atomic E-state index is 9.47. The van der Waals surface area contributed by atoms with Gasteiger partial charge in [-0.05, 0) is 42.8 Å². The van der Waals surface area contributed by atoms with Crippen LogP contribution in [0.4, 0.5) is 0 Å². The van der Waals surface area contributed by atoms with Crippen LogP contribution in [0, 0.1) is 11.3 Å². The molecule has 0 aliphatic carbocycles. The van der Waals surface area contributed by atoms with Crippen LogP contribution in [0.25, 0.3) is 22.9 Å². The summed E-state index contributed by atoms with van der Waals surface area (Å²) in [6, 6.07) is 13.7. The van der Waals surface area contributed by atoms with Crippen molar-refractivity contribution < 1.29 is 4.74 Å². The summed E-state index contributed by atoms with van der Waals surface area (Å²) in [4.78, 5) is 8.58. The van der Waals surface area contributed by atoms with Crippen LogP contribution < -0.4 is 4.74 Å². The number of hydrogen-bond acceptors (Lipinski definition) is 5. The van der Waals surface area contributed by atoms with E-state index in [0.717, 1.165) is 22.6 Å². The normalized spacial score (nSPS) is 11.1. The molecule has 3 rings (SSSR count). The van der Waals surface area contributed by atoms with Crippen molar-refractivity contribution >= 4 is 23.0 Å². The molecule has 0 bridgehead atoms. The van der Waals surface area contributed by atoms with Gasteiger partial charge in [0, 0.05) is 23.3 Å². The third kappa shape index (κ3) is 3.67. The fourth-order valence-electron chi connectivity index (χ4n) is 2.19. The maximum Gasteiger partial charge on any atom is 0.134 e. The molecule has 118 valence electrons. The maximum absolute atomic E-state index is 9.47. The van der Waals surface area contributed by atoms with E-state index in [-0.39, 0.29) is 0 Å². The summed E-state index contributed by atoms with van der Waals surface area (Å²) < 4.78 is 5.43. The van der Waals surface area contributed by atoms with E-state index in [0.29, 0.717) is 17.2 Å². The third-order valence-corrected chi connectivity index (χ3v) is 4.21. The number of thiazole rings is 1. The van der Waals surface area contributed by atoms with E-state index < -0.39 is 0 Å². The molecule has 0 saturated heterocycles. The van der Waals surface area contributed by atoms with Crippen molar-refractivity contribution in [3.63, 3.8) is 0 Å². The van der Waals surface area contributed by atoms with Gasteiger partial charge < -0.3 is 4.74 Å². The van der Waals surface area contributed by atoms with Crippen LogP contribution in [0.15, 0.2) is 54.2 Å². The summed E-state index contributed by atoms with van der Waals surface area (Å²) in [5.41, 5.74) is 3.33. The minimum absolute atomic E-state index is 0.546. The molecule has 0 atom stereocenters. The summed E-state index contributed by atoms with van der Waals surface area (Å²) in [6.45, 7) is 2.58. The van der Waals surface area contributed by atoms with Gasteiger partial charge in [-0.15, -0.1) is 11.3 Å². The largest absolute Gasteiger partial charge is 0.494 e. The Morgan fingerprint density at radius 1 is 1.21 bits per heavy atom. The average Bonchev–Trinajstić information content (AvgIpc) is 3.12. The van der Waals surface area contributed by atoms with Crippen LogP contribution >= 0.6 is 11.3 Å². The van der Waals surface area contributed by atoms with Crippen molar-refractivity contribution in [3.8, 4) is 23.1 Å². The molecule has 3 aromatic rings. The Labute approximate surface area is 144 Å². The number of rotatable bonds is 5. The van der Waals surface area contributed by atoms with Gasteiger partial charge >= 0.3 is 0 Å². The van der Waals surface area contributed by atoms with Crippen molar-refractivity contribution in [2.75, 3.05) is 6.61 Å². The fourth-order valence-corrected chi connectivity index (χ4v) is 2.98. The molecule has 0 spiro atoms. The topological polar surface area (TPSA) is 58.8 Å². The zero-order valence-electron chi connectivity index (χ0n) is 13.1. The van der Waals surface area contributed by atoms with Crippen molar-refractivity contribution in [2.45, 2.75) is 6.92 Å². The average molecular weight is 333 g/mol. The number of allylic oxidation sites excluding steroid dienone is 1. The van der Waals surface area contributed by atoms with Crippen LogP contribution in [-0.4, -0.2) is 16.6 Å². The summed E-state index contributed by atoms with van der Waals surface area (Å²) in [5.74, 6) is 0.822. The Morgan fingerprint density at radius 2 is 1.96 bits per heavy atom. The van der Waals surface area contributed by atoms with Crippen LogP contribution in [0.5, 0.6) is 5.75 Å². The van der Waals surface area contributed by atoms with Gasteiger partial charge in [0.25, 0.3) is 0 Å². The van der Waals surface area contributed by atoms with Crippen molar-refractivity contribution in [1.29, 1.82) is 5.26 Å². The lowest BCUT2D eigenvalue weighted by Crippen LogP contribution is -1.90. The molecule has 0 amide bonds. The molecule has 0 radical (unpaired) electrons. The Morgan fingerprint density at radius 3 is 2.62 bits per heavy atom. The SMILES string of the molecule is CCOc1ccc(/C=C(/C#N)c2nc(-c3ccncc3)cs2)cc1. The van der Waals surface area contributed by atoms with E-state index in [1.165, 1.54) is 11.3 Å². The van der Waals surface area contributed by atoms with E-state index in [4.69, 9.17) is 4.74 Å². The number of pyridine rings is 1. The Kier molecular flexibility index (Phi) is 4.99. The second-order valence-corrected chi connectivity index (χ2v) is 5.80. The molecule has 0 fully saturated rings. The highest BCUT2D eigenvalue weighted by Gasteiger charge is 2.09. The minimum atomic E-state index is 0.546. The summed E-state index contributed by atoms with van der Waals surface area (Å²) in [6.07, 6.45) is 5.30. The van der Waals surface area contributed by atoms with Gasteiger partial charge in [-0.25, -0.2) is 4.98 Å². The van der Waals surface area contributed by atoms with E-state index in [1.54, 1.807) is 12.4 Å². The molecule has 1 aromatic carbocycles. The predicted molar refractivity (Wildman–Crippen MR) is 96.4 cm³/mol. The molecule has 0 N–H and O–H groups in total. The lowest BCUT2D eigenvalue weighted by molar-refractivity contribution is 0.340. The smallest absolute Gasteiger partial charge is 0.134 e. The Hall–Kier alpha value is -2.97. The second-order valence-electron chi connectivity index (χ2n) is 4.95. The van der Waals surface area contributed by atoms with Gasteiger partial charge in [-0.3, -0.25) is 4.98 Å². The Bertz CT molecular complexity index is 877. The quantitative estimate of drug-likeness (QED) is 0.637. The van der Waals surface area contributed by atoms with Crippen molar-refractivity contribution in [1.82, 2.24) is 9.97 Å². The van der Waals surface area contributed by atoms with Crippen molar-refractivity contribution in [2.24, 2.45) is 0 Å². The highest BCUT2D eigenvalue weighted by Crippen LogP contribution is 2.27. The van der Waals surface area contributed by atoms with Crippen LogP contribution in [-0.2, 0) is 0 Å². The molecule has 0 saturated carbocycles. The summed E-state index contributed by atoms with van der Waals surface area (Å²) in [5, 5.41) is 12.1. The van der Waals surface area contributed by atoms with Gasteiger partial charge in [0.15, 0.2) is 0 Å². The summed E-state index contributed by atoms with van der Waals surface area (Å²) >= 11 is 1.46. The molecule has 0 aliphatic heterocycles. The molecule has 0 aliphatic rings. The number of benzene rings is 1. The lowest BCUT2D eigenvalue weighted by Gasteiger charge is -2.02. The first kappa shape index (κ1) is 15.9. The lowest BCUT2D eigenvalue weighted by atomic mass is 10.1. The van der Waals surface area contributed by atoms with Gasteiger partial charge in [0.05, 0.1) is 17.9 Å². The first-order valence-corrected chi connectivity index (χ1v) is 8.39. The van der Waals surface area contributed by atoms with E-state index in [9.17, 15) is 5.26 Å². The first-order valence-electron chi connectivity index (χ1n) is 7.51. The van der Waals surface area contributed by atoms with Crippen LogP contribution in [0.2, 0.25) is 0 Å². The number of nitrogens with zero attached hydrogens (tertiary/aromatic N) is 3. The second kappa shape index (κ2) is 7.53. The molecule has 5 heteroatoms. The van der Waals surface area contributed by atoms with E-state index in [1.807, 2.05) is 54.8 Å². The van der Waals surface area contributed by atoms with Gasteiger partial charge in [0.2, 0.25) is 0 Å². The van der Waals surface area contributed by atoms with Gasteiger partial charge in [0.1, 0.15) is 16.8 Å². The first-order chi connectivity index (χ1) is 11.8. The molecule has 2 heterocycles. The standard InChI is InChI=1S/C19H15N3OS/c1-2-23-17-5-3-14(4-6-17)11-16(12-20)19-22-18(13-24-19)15-7-9-21-10-8-15/h3-11,13H,2H2,1H3/b16-11-.